The summed E-state index contributed by atoms with van der Waals surface area (Å²) >= 11 is 0. The summed E-state index contributed by atoms with van der Waals surface area (Å²) in [5.41, 5.74) is 6.87. The number of nitrogens with two attached hydrogens (primary N) is 1. The molecule has 9 heteroatoms. The molecule has 1 aliphatic heterocycles. The number of halogens is 2. The first-order valence-electron chi connectivity index (χ1n) is 8.85. The molecule has 3 N–H and O–H groups in total. The molecule has 1 aromatic carbocycles. The topological polar surface area (TPSA) is 100.0 Å². The number of rotatable bonds is 5. The summed E-state index contributed by atoms with van der Waals surface area (Å²) in [5.74, 6) is -0.291. The third-order valence-corrected chi connectivity index (χ3v) is 4.65. The van der Waals surface area contributed by atoms with Gasteiger partial charge in [-0.05, 0) is 31.5 Å². The molecule has 1 aliphatic rings. The number of piperidine rings is 1. The van der Waals surface area contributed by atoms with Crippen LogP contribution in [0.25, 0.3) is 11.0 Å². The van der Waals surface area contributed by atoms with E-state index in [9.17, 15) is 13.6 Å². The van der Waals surface area contributed by atoms with Gasteiger partial charge in [-0.2, -0.15) is 5.26 Å². The molecule has 0 spiro atoms. The van der Waals surface area contributed by atoms with E-state index in [4.69, 9.17) is 11.0 Å². The predicted molar refractivity (Wildman–Crippen MR) is 97.2 cm³/mol. The van der Waals surface area contributed by atoms with Crippen LogP contribution < -0.4 is 16.0 Å². The number of hydrogen-bond donors (Lipinski definition) is 2. The summed E-state index contributed by atoms with van der Waals surface area (Å²) < 4.78 is 29.1. The SMILES string of the molecule is C[C@@H](CC#N)NC(=O)Cn1c(N2CC[C@@H](F)[C@H](N)C2)nc2ccc(F)cc21. The van der Waals surface area contributed by atoms with Gasteiger partial charge in [0, 0.05) is 19.1 Å². The van der Waals surface area contributed by atoms with Gasteiger partial charge >= 0.3 is 0 Å². The van der Waals surface area contributed by atoms with E-state index in [-0.39, 0.29) is 37.9 Å². The van der Waals surface area contributed by atoms with Crippen molar-refractivity contribution in [2.24, 2.45) is 5.73 Å². The van der Waals surface area contributed by atoms with Gasteiger partial charge in [-0.3, -0.25) is 4.79 Å². The molecule has 0 unspecified atom stereocenters. The largest absolute Gasteiger partial charge is 0.351 e. The minimum Gasteiger partial charge on any atom is -0.351 e. The smallest absolute Gasteiger partial charge is 0.240 e. The van der Waals surface area contributed by atoms with Gasteiger partial charge in [0.2, 0.25) is 11.9 Å². The number of amides is 1. The van der Waals surface area contributed by atoms with Gasteiger partial charge in [0.1, 0.15) is 18.5 Å². The van der Waals surface area contributed by atoms with E-state index >= 15 is 0 Å². The quantitative estimate of drug-likeness (QED) is 0.823. The normalized spacial score (nSPS) is 21.1. The van der Waals surface area contributed by atoms with Crippen molar-refractivity contribution < 1.29 is 13.6 Å². The van der Waals surface area contributed by atoms with Gasteiger partial charge in [-0.1, -0.05) is 0 Å². The lowest BCUT2D eigenvalue weighted by Gasteiger charge is -2.34. The van der Waals surface area contributed by atoms with Gasteiger partial charge in [-0.15, -0.1) is 0 Å². The first-order valence-corrected chi connectivity index (χ1v) is 8.85. The fraction of sp³-hybridized carbons (Fsp3) is 0.500. The lowest BCUT2D eigenvalue weighted by molar-refractivity contribution is -0.122. The Labute approximate surface area is 155 Å². The molecule has 3 atom stereocenters. The Morgan fingerprint density at radius 2 is 2.33 bits per heavy atom. The summed E-state index contributed by atoms with van der Waals surface area (Å²) in [4.78, 5) is 18.8. The lowest BCUT2D eigenvalue weighted by atomic mass is 10.1. The van der Waals surface area contributed by atoms with Gasteiger partial charge in [0.25, 0.3) is 0 Å². The number of benzene rings is 1. The predicted octanol–water partition coefficient (Wildman–Crippen LogP) is 1.47. The number of aromatic nitrogens is 2. The number of carbonyl (C=O) groups is 1. The molecular weight excluding hydrogens is 354 g/mol. The van der Waals surface area contributed by atoms with Gasteiger partial charge in [-0.25, -0.2) is 13.8 Å². The first-order chi connectivity index (χ1) is 12.9. The third-order valence-electron chi connectivity index (χ3n) is 4.65. The van der Waals surface area contributed by atoms with Crippen molar-refractivity contribution >= 4 is 22.9 Å². The van der Waals surface area contributed by atoms with E-state index < -0.39 is 18.0 Å². The number of carbonyl (C=O) groups excluding carboxylic acids is 1. The average Bonchev–Trinajstić information content (AvgIpc) is 2.95. The van der Waals surface area contributed by atoms with E-state index in [1.165, 1.54) is 12.1 Å². The van der Waals surface area contributed by atoms with Crippen LogP contribution in [-0.2, 0) is 11.3 Å². The van der Waals surface area contributed by atoms with Crippen LogP contribution in [0.3, 0.4) is 0 Å². The number of nitrogens with one attached hydrogen (secondary N) is 1. The maximum atomic E-state index is 13.8. The molecule has 27 heavy (non-hydrogen) atoms. The second kappa shape index (κ2) is 7.88. The summed E-state index contributed by atoms with van der Waals surface area (Å²) in [7, 11) is 0. The van der Waals surface area contributed by atoms with E-state index in [1.54, 1.807) is 17.6 Å². The van der Waals surface area contributed by atoms with E-state index in [0.717, 1.165) is 0 Å². The Bertz CT molecular complexity index is 877. The van der Waals surface area contributed by atoms with Crippen LogP contribution in [-0.4, -0.2) is 46.8 Å². The Morgan fingerprint density at radius 3 is 3.04 bits per heavy atom. The highest BCUT2D eigenvalue weighted by molar-refractivity contribution is 5.83. The molecule has 0 saturated carbocycles. The minimum atomic E-state index is -1.08. The number of fused-ring (bicyclic) bond motifs is 1. The Hall–Kier alpha value is -2.73. The summed E-state index contributed by atoms with van der Waals surface area (Å²) in [6, 6.07) is 5.22. The van der Waals surface area contributed by atoms with Crippen LogP contribution in [0.4, 0.5) is 14.7 Å². The van der Waals surface area contributed by atoms with Crippen LogP contribution in [0.15, 0.2) is 18.2 Å². The van der Waals surface area contributed by atoms with Crippen LogP contribution in [0.1, 0.15) is 19.8 Å². The van der Waals surface area contributed by atoms with Crippen LogP contribution >= 0.6 is 0 Å². The van der Waals surface area contributed by atoms with Crippen molar-refractivity contribution in [2.75, 3.05) is 18.0 Å². The van der Waals surface area contributed by atoms with Crippen molar-refractivity contribution in [2.45, 2.75) is 44.6 Å². The Morgan fingerprint density at radius 1 is 1.56 bits per heavy atom. The molecule has 144 valence electrons. The molecule has 7 nitrogen and oxygen atoms in total. The highest BCUT2D eigenvalue weighted by Gasteiger charge is 2.29. The summed E-state index contributed by atoms with van der Waals surface area (Å²) in [6.45, 7) is 2.32. The standard InChI is InChI=1S/C18H22F2N6O/c1-11(4-6-21)23-17(27)10-26-16-8-12(19)2-3-15(16)24-18(26)25-7-5-13(20)14(22)9-25/h2-3,8,11,13-14H,4-5,7,9-10,22H2,1H3,(H,23,27)/t11-,13+,14+/m0/s1. The van der Waals surface area contributed by atoms with Crippen molar-refractivity contribution in [3.05, 3.63) is 24.0 Å². The molecule has 0 radical (unpaired) electrons. The van der Waals surface area contributed by atoms with E-state index in [0.29, 0.717) is 23.5 Å². The lowest BCUT2D eigenvalue weighted by Crippen LogP contribution is -2.50. The molecule has 0 bridgehead atoms. The maximum Gasteiger partial charge on any atom is 0.240 e. The zero-order chi connectivity index (χ0) is 19.6. The Balaban J connectivity index is 1.92. The van der Waals surface area contributed by atoms with Gasteiger partial charge in [0.05, 0.1) is 29.6 Å². The third kappa shape index (κ3) is 4.17. The molecular formula is C18H22F2N6O. The molecule has 0 aliphatic carbocycles. The molecule has 1 aromatic heterocycles. The van der Waals surface area contributed by atoms with E-state index in [1.807, 2.05) is 11.0 Å². The van der Waals surface area contributed by atoms with Crippen molar-refractivity contribution in [1.82, 2.24) is 14.9 Å². The molecule has 2 heterocycles. The average molecular weight is 376 g/mol. The molecule has 1 amide bonds. The number of nitrogens with zero attached hydrogens (tertiary/aromatic N) is 4. The Kier molecular flexibility index (Phi) is 5.56. The van der Waals surface area contributed by atoms with Crippen molar-refractivity contribution in [3.8, 4) is 6.07 Å². The minimum absolute atomic E-state index is 0.0875. The number of alkyl halides is 1. The first kappa shape index (κ1) is 19.0. The zero-order valence-electron chi connectivity index (χ0n) is 15.0. The molecule has 2 aromatic rings. The zero-order valence-corrected chi connectivity index (χ0v) is 15.0. The second-order valence-corrected chi connectivity index (χ2v) is 6.88. The molecule has 1 saturated heterocycles. The molecule has 3 rings (SSSR count). The fourth-order valence-corrected chi connectivity index (χ4v) is 3.27. The van der Waals surface area contributed by atoms with Crippen molar-refractivity contribution in [3.63, 3.8) is 0 Å². The van der Waals surface area contributed by atoms with Crippen LogP contribution in [0, 0.1) is 17.1 Å². The number of anilines is 1. The second-order valence-electron chi connectivity index (χ2n) is 6.88. The fourth-order valence-electron chi connectivity index (χ4n) is 3.27. The van der Waals surface area contributed by atoms with Crippen molar-refractivity contribution in [1.29, 1.82) is 5.26 Å². The molecule has 1 fully saturated rings. The number of imidazole rings is 1. The number of hydrogen-bond acceptors (Lipinski definition) is 5. The van der Waals surface area contributed by atoms with Crippen LogP contribution in [0.5, 0.6) is 0 Å². The maximum absolute atomic E-state index is 13.8. The van der Waals surface area contributed by atoms with Crippen LogP contribution in [0.2, 0.25) is 0 Å². The monoisotopic (exact) mass is 376 g/mol. The van der Waals surface area contributed by atoms with Gasteiger partial charge in [0.15, 0.2) is 0 Å². The van der Waals surface area contributed by atoms with Gasteiger partial charge < -0.3 is 20.5 Å². The highest BCUT2D eigenvalue weighted by atomic mass is 19.1. The number of nitriles is 1. The van der Waals surface area contributed by atoms with E-state index in [2.05, 4.69) is 10.3 Å². The highest BCUT2D eigenvalue weighted by Crippen LogP contribution is 2.26. The summed E-state index contributed by atoms with van der Waals surface area (Å²) in [6.07, 6.45) is -0.618. The summed E-state index contributed by atoms with van der Waals surface area (Å²) in [5, 5.41) is 11.5.